The average molecular weight is 329 g/mol. The van der Waals surface area contributed by atoms with Crippen LogP contribution >= 0.6 is 0 Å². The van der Waals surface area contributed by atoms with Crippen LogP contribution < -0.4 is 5.73 Å². The van der Waals surface area contributed by atoms with E-state index >= 15 is 0 Å². The van der Waals surface area contributed by atoms with Crippen LogP contribution in [0, 0.1) is 6.92 Å². The third kappa shape index (κ3) is 3.47. The van der Waals surface area contributed by atoms with Crippen LogP contribution in [0.15, 0.2) is 34.9 Å². The van der Waals surface area contributed by atoms with Crippen LogP contribution in [0.2, 0.25) is 0 Å². The molecule has 2 heterocycles. The van der Waals surface area contributed by atoms with E-state index < -0.39 is 0 Å². The lowest BCUT2D eigenvalue weighted by molar-refractivity contribution is -0.124. The van der Waals surface area contributed by atoms with Gasteiger partial charge in [0.05, 0.1) is 6.04 Å². The van der Waals surface area contributed by atoms with E-state index in [4.69, 9.17) is 10.3 Å². The first-order chi connectivity index (χ1) is 11.6. The molecule has 0 spiro atoms. The number of carbonyl (C=O) groups excluding carboxylic acids is 1. The molecular formula is C17H23N5O2. The fourth-order valence-electron chi connectivity index (χ4n) is 3.21. The molecule has 0 saturated carbocycles. The summed E-state index contributed by atoms with van der Waals surface area (Å²) in [6.07, 6.45) is 0. The number of piperazine rings is 1. The second-order valence-corrected chi connectivity index (χ2v) is 6.14. The third-order valence-corrected chi connectivity index (χ3v) is 4.55. The first-order valence-corrected chi connectivity index (χ1v) is 8.19. The lowest BCUT2D eigenvalue weighted by atomic mass is 10.0. The van der Waals surface area contributed by atoms with Crippen LogP contribution in [0.3, 0.4) is 0 Å². The van der Waals surface area contributed by atoms with Gasteiger partial charge in [0.1, 0.15) is 6.04 Å². The van der Waals surface area contributed by atoms with Gasteiger partial charge in [0, 0.05) is 26.2 Å². The largest absolute Gasteiger partial charge is 0.368 e. The number of hydrogen-bond donors (Lipinski definition) is 1. The van der Waals surface area contributed by atoms with Gasteiger partial charge in [-0.1, -0.05) is 35.5 Å². The molecule has 7 heteroatoms. The van der Waals surface area contributed by atoms with Gasteiger partial charge in [-0.2, -0.15) is 4.98 Å². The molecule has 24 heavy (non-hydrogen) atoms. The van der Waals surface area contributed by atoms with Crippen molar-refractivity contribution in [2.75, 3.05) is 26.2 Å². The lowest BCUT2D eigenvalue weighted by Gasteiger charge is -2.39. The molecular weight excluding hydrogens is 306 g/mol. The third-order valence-electron chi connectivity index (χ3n) is 4.55. The minimum absolute atomic E-state index is 0.0668. The molecule has 2 N–H and O–H groups in total. The summed E-state index contributed by atoms with van der Waals surface area (Å²) in [5.41, 5.74) is 6.60. The minimum atomic E-state index is -0.380. The van der Waals surface area contributed by atoms with Crippen molar-refractivity contribution in [3.63, 3.8) is 0 Å². The lowest BCUT2D eigenvalue weighted by Crippen LogP contribution is -2.50. The number of aromatic nitrogens is 2. The standard InChI is InChI=1S/C17H23N5O2/c1-12(17-19-13(2)20-24-17)21-8-10-22(11-9-21)15(16(18)23)14-6-4-3-5-7-14/h3-7,12,15H,8-11H2,1-2H3,(H2,18,23)/t12-,15-/m0/s1. The highest BCUT2D eigenvalue weighted by atomic mass is 16.5. The van der Waals surface area contributed by atoms with E-state index in [1.165, 1.54) is 0 Å². The predicted octanol–water partition coefficient (Wildman–Crippen LogP) is 1.28. The number of benzene rings is 1. The number of nitrogens with zero attached hydrogens (tertiary/aromatic N) is 4. The van der Waals surface area contributed by atoms with Gasteiger partial charge < -0.3 is 10.3 Å². The zero-order chi connectivity index (χ0) is 17.1. The first-order valence-electron chi connectivity index (χ1n) is 8.19. The van der Waals surface area contributed by atoms with E-state index in [-0.39, 0.29) is 18.0 Å². The Labute approximate surface area is 141 Å². The molecule has 2 atom stereocenters. The highest BCUT2D eigenvalue weighted by molar-refractivity contribution is 5.81. The van der Waals surface area contributed by atoms with Crippen molar-refractivity contribution in [2.45, 2.75) is 25.9 Å². The zero-order valence-electron chi connectivity index (χ0n) is 14.1. The molecule has 1 aliphatic rings. The number of carbonyl (C=O) groups is 1. The van der Waals surface area contributed by atoms with Crippen molar-refractivity contribution in [3.8, 4) is 0 Å². The van der Waals surface area contributed by atoms with Crippen molar-refractivity contribution >= 4 is 5.91 Å². The molecule has 1 saturated heterocycles. The van der Waals surface area contributed by atoms with E-state index in [9.17, 15) is 4.79 Å². The van der Waals surface area contributed by atoms with Crippen LogP contribution in [0.25, 0.3) is 0 Å². The molecule has 0 bridgehead atoms. The molecule has 3 rings (SSSR count). The summed E-state index contributed by atoms with van der Waals surface area (Å²) >= 11 is 0. The van der Waals surface area contributed by atoms with Crippen LogP contribution in [-0.4, -0.2) is 52.0 Å². The van der Waals surface area contributed by atoms with Crippen LogP contribution in [0.4, 0.5) is 0 Å². The van der Waals surface area contributed by atoms with Crippen LogP contribution in [0.1, 0.15) is 36.3 Å². The predicted molar refractivity (Wildman–Crippen MR) is 89.0 cm³/mol. The van der Waals surface area contributed by atoms with E-state index in [0.29, 0.717) is 11.7 Å². The first kappa shape index (κ1) is 16.6. The average Bonchev–Trinajstić information content (AvgIpc) is 3.02. The summed E-state index contributed by atoms with van der Waals surface area (Å²) in [4.78, 5) is 20.7. The number of amides is 1. The van der Waals surface area contributed by atoms with Crippen molar-refractivity contribution in [1.29, 1.82) is 0 Å². The number of aryl methyl sites for hydroxylation is 1. The maximum atomic E-state index is 12.0. The van der Waals surface area contributed by atoms with Gasteiger partial charge in [-0.15, -0.1) is 0 Å². The molecule has 1 fully saturated rings. The Morgan fingerprint density at radius 3 is 2.33 bits per heavy atom. The molecule has 1 amide bonds. The van der Waals surface area contributed by atoms with Crippen molar-refractivity contribution in [1.82, 2.24) is 19.9 Å². The molecule has 2 aromatic rings. The number of hydrogen-bond acceptors (Lipinski definition) is 6. The minimum Gasteiger partial charge on any atom is -0.368 e. The van der Waals surface area contributed by atoms with Crippen molar-refractivity contribution < 1.29 is 9.32 Å². The second-order valence-electron chi connectivity index (χ2n) is 6.14. The van der Waals surface area contributed by atoms with E-state index in [1.807, 2.05) is 37.3 Å². The van der Waals surface area contributed by atoms with E-state index in [1.54, 1.807) is 0 Å². The molecule has 1 aliphatic heterocycles. The summed E-state index contributed by atoms with van der Waals surface area (Å²) in [7, 11) is 0. The molecule has 1 aromatic heterocycles. The van der Waals surface area contributed by atoms with Gasteiger partial charge in [0.2, 0.25) is 11.8 Å². The summed E-state index contributed by atoms with van der Waals surface area (Å²) in [5.74, 6) is 0.971. The highest BCUT2D eigenvalue weighted by Gasteiger charge is 2.31. The topological polar surface area (TPSA) is 88.5 Å². The monoisotopic (exact) mass is 329 g/mol. The Bertz CT molecular complexity index is 679. The maximum Gasteiger partial charge on any atom is 0.243 e. The fraction of sp³-hybridized carbons (Fsp3) is 0.471. The molecule has 0 aliphatic carbocycles. The quantitative estimate of drug-likeness (QED) is 0.889. The number of primary amides is 1. The Kier molecular flexibility index (Phi) is 4.92. The Hall–Kier alpha value is -2.25. The summed E-state index contributed by atoms with van der Waals surface area (Å²) in [6, 6.07) is 9.39. The van der Waals surface area contributed by atoms with Crippen LogP contribution in [-0.2, 0) is 4.79 Å². The fourth-order valence-corrected chi connectivity index (χ4v) is 3.21. The SMILES string of the molecule is Cc1noc([C@H](C)N2CCN([C@H](C(N)=O)c3ccccc3)CC2)n1. The molecule has 128 valence electrons. The second kappa shape index (κ2) is 7.11. The zero-order valence-corrected chi connectivity index (χ0v) is 14.1. The van der Waals surface area contributed by atoms with Crippen LogP contribution in [0.5, 0.6) is 0 Å². The Morgan fingerprint density at radius 1 is 1.17 bits per heavy atom. The van der Waals surface area contributed by atoms with E-state index in [2.05, 4.69) is 26.9 Å². The smallest absolute Gasteiger partial charge is 0.243 e. The Balaban J connectivity index is 1.66. The van der Waals surface area contributed by atoms with Crippen molar-refractivity contribution in [3.05, 3.63) is 47.6 Å². The Morgan fingerprint density at radius 2 is 1.79 bits per heavy atom. The van der Waals surface area contributed by atoms with Crippen molar-refractivity contribution in [2.24, 2.45) is 5.73 Å². The van der Waals surface area contributed by atoms with Gasteiger partial charge in [0.25, 0.3) is 0 Å². The molecule has 1 aromatic carbocycles. The van der Waals surface area contributed by atoms with E-state index in [0.717, 1.165) is 31.7 Å². The van der Waals surface area contributed by atoms with Gasteiger partial charge >= 0.3 is 0 Å². The summed E-state index contributed by atoms with van der Waals surface area (Å²) < 4.78 is 5.27. The van der Waals surface area contributed by atoms with Gasteiger partial charge in [-0.3, -0.25) is 14.6 Å². The molecule has 0 radical (unpaired) electrons. The summed E-state index contributed by atoms with van der Waals surface area (Å²) in [5, 5.41) is 3.85. The molecule has 7 nitrogen and oxygen atoms in total. The normalized spacial score (nSPS) is 19.1. The molecule has 0 unspecified atom stereocenters. The number of rotatable bonds is 5. The van der Waals surface area contributed by atoms with Gasteiger partial charge in [-0.25, -0.2) is 0 Å². The van der Waals surface area contributed by atoms with Gasteiger partial charge in [0.15, 0.2) is 5.82 Å². The maximum absolute atomic E-state index is 12.0. The summed E-state index contributed by atoms with van der Waals surface area (Å²) in [6.45, 7) is 7.04. The van der Waals surface area contributed by atoms with Gasteiger partial charge in [-0.05, 0) is 19.4 Å². The highest BCUT2D eigenvalue weighted by Crippen LogP contribution is 2.25. The number of nitrogens with two attached hydrogens (primary N) is 1.